The minimum atomic E-state index is -4.78. The highest BCUT2D eigenvalue weighted by atomic mass is 35.5. The van der Waals surface area contributed by atoms with Gasteiger partial charge in [0.2, 0.25) is 5.28 Å². The number of amides is 1. The zero-order valence-electron chi connectivity index (χ0n) is 43.1. The van der Waals surface area contributed by atoms with Crippen molar-refractivity contribution in [3.05, 3.63) is 107 Å². The van der Waals surface area contributed by atoms with E-state index in [-0.39, 0.29) is 71.5 Å². The number of carbonyl (C=O) groups is 2. The summed E-state index contributed by atoms with van der Waals surface area (Å²) < 4.78 is 160. The van der Waals surface area contributed by atoms with Crippen molar-refractivity contribution in [1.82, 2.24) is 39.8 Å². The van der Waals surface area contributed by atoms with E-state index >= 15 is 0 Å². The number of hydrogen-bond donors (Lipinski definition) is 3. The molecule has 4 N–H and O–H groups in total. The molecule has 84 heavy (non-hydrogen) atoms. The maximum atomic E-state index is 13.2. The van der Waals surface area contributed by atoms with Gasteiger partial charge in [-0.2, -0.15) is 36.3 Å². The van der Waals surface area contributed by atoms with Crippen LogP contribution in [0.1, 0.15) is 40.7 Å². The summed E-state index contributed by atoms with van der Waals surface area (Å²) in [6.45, 7) is 6.70. The molecule has 0 bridgehead atoms. The lowest BCUT2D eigenvalue weighted by molar-refractivity contribution is -0.287. The number of nitrogens with zero attached hydrogens (tertiary/aromatic N) is 8. The molecule has 0 radical (unpaired) electrons. The van der Waals surface area contributed by atoms with Gasteiger partial charge >= 0.3 is 42.9 Å². The molecule has 1 amide bonds. The van der Waals surface area contributed by atoms with Gasteiger partial charge in [-0.05, 0) is 68.9 Å². The predicted octanol–water partition coefficient (Wildman–Crippen LogP) is 13.1. The molecule has 3 aliphatic heterocycles. The summed E-state index contributed by atoms with van der Waals surface area (Å²) in [7, 11) is 4.98. The van der Waals surface area contributed by atoms with Crippen LogP contribution in [0.5, 0.6) is 35.0 Å². The minimum Gasteiger partial charge on any atom is -0.477 e. The Morgan fingerprint density at radius 3 is 1.46 bits per heavy atom. The number of morpholine rings is 1. The average Bonchev–Trinajstić information content (AvgIpc) is 2.73. The van der Waals surface area contributed by atoms with E-state index in [0.29, 0.717) is 50.7 Å². The third-order valence-corrected chi connectivity index (χ3v) is 12.7. The van der Waals surface area contributed by atoms with Crippen LogP contribution in [-0.2, 0) is 17.1 Å². The van der Waals surface area contributed by atoms with Gasteiger partial charge in [-0.3, -0.25) is 4.79 Å². The molecule has 37 heteroatoms. The first-order chi connectivity index (χ1) is 39.3. The molecule has 0 unspecified atom stereocenters. The van der Waals surface area contributed by atoms with Gasteiger partial charge in [0.25, 0.3) is 5.91 Å². The van der Waals surface area contributed by atoms with Crippen molar-refractivity contribution < 1.29 is 91.8 Å². The number of ether oxygens (including phenoxy) is 7. The number of carboxylic acids is 1. The second kappa shape index (κ2) is 29.3. The number of pyridine rings is 2. The number of carboxylic acid groups (broad SMARTS) is 1. The Labute approximate surface area is 500 Å². The molecule has 8 heterocycles. The number of anilines is 2. The van der Waals surface area contributed by atoms with Gasteiger partial charge in [-0.25, -0.2) is 24.7 Å². The predicted molar refractivity (Wildman–Crippen MR) is 288 cm³/mol. The molecular weight excluding hydrogens is 1300 g/mol. The van der Waals surface area contributed by atoms with E-state index in [4.69, 9.17) is 83.1 Å². The molecule has 0 saturated carbocycles. The molecule has 7 aromatic rings. The number of nitrogen functional groups attached to an aromatic ring is 1. The molecule has 0 spiro atoms. The minimum absolute atomic E-state index is 0.0312. The fourth-order valence-corrected chi connectivity index (χ4v) is 8.72. The smallest absolute Gasteiger partial charge is 0.477 e. The number of rotatable bonds is 7. The van der Waals surface area contributed by atoms with Crippen LogP contribution >= 0.6 is 80.7 Å². The molecule has 0 atom stereocenters. The largest absolute Gasteiger partial charge is 0.586 e. The first-order valence-electron chi connectivity index (χ1n) is 22.7. The number of nitrogens with one attached hydrogen (secondary N) is 1. The van der Waals surface area contributed by atoms with Gasteiger partial charge in [-0.1, -0.05) is 23.2 Å². The lowest BCUT2D eigenvalue weighted by atomic mass is 10.1. The molecule has 0 aliphatic carbocycles. The summed E-state index contributed by atoms with van der Waals surface area (Å²) in [6, 6.07) is 11.4. The average molecular weight is 1340 g/mol. The second-order valence-corrected chi connectivity index (χ2v) is 20.3. The number of aromatic nitrogens is 7. The summed E-state index contributed by atoms with van der Waals surface area (Å²) in [5, 5.41) is 11.4. The number of fused-ring (bicyclic) bond motifs is 2. The summed E-state index contributed by atoms with van der Waals surface area (Å²) in [4.78, 5) is 48.9. The first-order valence-corrected chi connectivity index (χ1v) is 26.5. The third-order valence-electron chi connectivity index (χ3n) is 9.97. The van der Waals surface area contributed by atoms with E-state index in [1.54, 1.807) is 12.1 Å². The van der Waals surface area contributed by atoms with Crippen LogP contribution in [0.15, 0.2) is 60.9 Å². The van der Waals surface area contributed by atoms with Crippen LogP contribution < -0.4 is 39.5 Å². The van der Waals surface area contributed by atoms with Crippen LogP contribution in [0.25, 0.3) is 22.3 Å². The Morgan fingerprint density at radius 1 is 0.690 bits per heavy atom. The summed E-state index contributed by atoms with van der Waals surface area (Å²) in [5.41, 5.74) is 4.72. The van der Waals surface area contributed by atoms with Crippen molar-refractivity contribution in [2.24, 2.45) is 0 Å². The van der Waals surface area contributed by atoms with Crippen molar-refractivity contribution in [3.63, 3.8) is 0 Å². The molecule has 10 rings (SSSR count). The number of methoxy groups -OCH3 is 2. The maximum absolute atomic E-state index is 13.2. The van der Waals surface area contributed by atoms with Crippen LogP contribution in [0, 0.1) is 13.8 Å². The lowest BCUT2D eigenvalue weighted by Gasteiger charge is -2.21. The highest BCUT2D eigenvalue weighted by molar-refractivity contribution is 7.14. The molecule has 3 aliphatic rings. The van der Waals surface area contributed by atoms with Gasteiger partial charge in [0.1, 0.15) is 21.4 Å². The van der Waals surface area contributed by atoms with Gasteiger partial charge in [-0.15, -0.1) is 68.4 Å². The zero-order valence-corrected chi connectivity index (χ0v) is 48.5. The van der Waals surface area contributed by atoms with Crippen molar-refractivity contribution in [3.8, 4) is 57.3 Å². The van der Waals surface area contributed by atoms with Crippen LogP contribution in [0.2, 0.25) is 15.3 Å². The van der Waals surface area contributed by atoms with E-state index in [0.717, 1.165) is 32.4 Å². The Kier molecular flexibility index (Phi) is 23.8. The molecule has 454 valence electrons. The SMILES string of the molecule is CN1CCOCC1.COc1nc(Cl)nc(OC)n1.Cc1nc(C(F)(F)F)c(C(=O)Nc2ccc(-c3cc4c(cc3Cl)OC(F)(F)O4)cn2)s1.Cc1nc(C(F)(F)F)c(C(=O)O)s1.ClCCl.Nc1ccc(-c2cc3c(cc2Cl)OC(F)(F)O3)cn1. The normalized spacial score (nSPS) is 14.2. The number of aromatic carboxylic acids is 1. The summed E-state index contributed by atoms with van der Waals surface area (Å²) in [6.07, 6.45) is -14.2. The lowest BCUT2D eigenvalue weighted by Crippen LogP contribution is -2.32. The molecule has 20 nitrogen and oxygen atoms in total. The Bertz CT molecular complexity index is 3370. The summed E-state index contributed by atoms with van der Waals surface area (Å²) >= 11 is 28.3. The topological polar surface area (TPSA) is 250 Å². The maximum Gasteiger partial charge on any atom is 0.586 e. The molecule has 5 aromatic heterocycles. The van der Waals surface area contributed by atoms with Crippen LogP contribution in [-0.4, -0.2) is 122 Å². The molecule has 2 aromatic carbocycles. The molecule has 1 saturated heterocycles. The highest BCUT2D eigenvalue weighted by Gasteiger charge is 2.45. The number of alkyl halides is 12. The fraction of sp³-hybridized carbons (Fsp3) is 0.298. The molecule has 1 fully saturated rings. The van der Waals surface area contributed by atoms with Crippen LogP contribution in [0.3, 0.4) is 0 Å². The van der Waals surface area contributed by atoms with Gasteiger partial charge in [0.05, 0.1) is 52.8 Å². The number of halogens is 15. The number of benzene rings is 2. The quantitative estimate of drug-likeness (QED) is 0.0991. The number of nitrogens with two attached hydrogens (primary N) is 1. The van der Waals surface area contributed by atoms with E-state index in [9.17, 15) is 53.5 Å². The highest BCUT2D eigenvalue weighted by Crippen LogP contribution is 2.48. The zero-order chi connectivity index (χ0) is 62.5. The summed E-state index contributed by atoms with van der Waals surface area (Å²) in [5.74, 6) is -2.90. The van der Waals surface area contributed by atoms with E-state index in [2.05, 4.69) is 71.1 Å². The standard InChI is InChI=1S/C18H9ClF5N3O3S.C12H7ClF2N2O2.C6H4F3NO2S.C5H6ClN3O2.C5H11NO.CH2Cl2/c1-7-26-15(17(20,21)22)14(31-7)16(28)27-13-3-2-8(6-25-13)9-4-11-12(5-10(9)19)30-18(23,24)29-11;13-8-4-10-9(18-12(14,15)19-10)3-7(8)6-1-2-11(16)17-5-6;1-2-10-4(6(7,8)9)3(13-2)5(11)12;1-10-4-7-3(6)8-5(9-4)11-2;1-6-2-4-7-5-3-6;2-1-3/h2-6H,1H3,(H,25,27,28);1-5H,(H2,16,17);1H3,(H,11,12);1-2H3;2-5H2,1H3;1H2. The van der Waals surface area contributed by atoms with Crippen molar-refractivity contribution >= 4 is 104 Å². The van der Waals surface area contributed by atoms with Gasteiger partial charge < -0.3 is 54.2 Å². The van der Waals surface area contributed by atoms with Gasteiger partial charge in [0, 0.05) is 59.9 Å². The van der Waals surface area contributed by atoms with E-state index in [1.165, 1.54) is 70.8 Å². The Morgan fingerprint density at radius 2 is 1.11 bits per heavy atom. The van der Waals surface area contributed by atoms with Crippen LogP contribution in [0.4, 0.5) is 55.5 Å². The second-order valence-electron chi connectivity index (χ2n) is 16.0. The van der Waals surface area contributed by atoms with E-state index in [1.807, 2.05) is 0 Å². The number of thiazole rings is 2. The van der Waals surface area contributed by atoms with Crippen molar-refractivity contribution in [1.29, 1.82) is 0 Å². The Hall–Kier alpha value is -6.78. The number of likely N-dealkylation sites (N-methyl/N-ethyl adjacent to an activating group) is 1. The third kappa shape index (κ3) is 19.6. The van der Waals surface area contributed by atoms with Gasteiger partial charge in [0.15, 0.2) is 34.4 Å². The number of aryl methyl sites for hydroxylation is 2. The molecular formula is C47H39Cl5F10N10O10S2. The number of carbonyl (C=O) groups excluding carboxylic acids is 1. The monoisotopic (exact) mass is 1330 g/mol. The van der Waals surface area contributed by atoms with E-state index < -0.39 is 58.0 Å². The van der Waals surface area contributed by atoms with Crippen molar-refractivity contribution in [2.75, 3.05) is 64.0 Å². The fourth-order valence-electron chi connectivity index (χ4n) is 6.44. The number of hydrogen-bond acceptors (Lipinski definition) is 20. The Balaban J connectivity index is 0.000000207. The van der Waals surface area contributed by atoms with Crippen molar-refractivity contribution in [2.45, 2.75) is 38.8 Å². The first kappa shape index (κ1) is 68.0.